The Morgan fingerprint density at radius 3 is 2.85 bits per heavy atom. The number of hydrogen-bond acceptors (Lipinski definition) is 3. The van der Waals surface area contributed by atoms with E-state index >= 15 is 0 Å². The summed E-state index contributed by atoms with van der Waals surface area (Å²) in [6.07, 6.45) is 1.49. The zero-order valence-electron chi connectivity index (χ0n) is 6.57. The van der Waals surface area contributed by atoms with Gasteiger partial charge in [-0.3, -0.25) is 0 Å². The van der Waals surface area contributed by atoms with Crippen LogP contribution in [-0.4, -0.2) is 5.16 Å². The van der Waals surface area contributed by atoms with E-state index in [1.54, 1.807) is 0 Å². The van der Waals surface area contributed by atoms with Gasteiger partial charge in [-0.1, -0.05) is 28.9 Å². The molecule has 1 aromatic carbocycles. The maximum Gasteiger partial charge on any atom is 0.137 e. The molecule has 2 rings (SSSR count). The van der Waals surface area contributed by atoms with Crippen LogP contribution in [0.25, 0.3) is 11.3 Å². The van der Waals surface area contributed by atoms with E-state index in [9.17, 15) is 0 Å². The van der Waals surface area contributed by atoms with E-state index in [4.69, 9.17) is 16.1 Å². The molecule has 0 N–H and O–H groups in total. The van der Waals surface area contributed by atoms with Crippen molar-refractivity contribution < 1.29 is 4.52 Å². The van der Waals surface area contributed by atoms with Gasteiger partial charge in [0, 0.05) is 10.6 Å². The average molecular weight is 212 g/mol. The van der Waals surface area contributed by atoms with Crippen LogP contribution in [-0.2, 0) is 0 Å². The van der Waals surface area contributed by atoms with Gasteiger partial charge in [-0.25, -0.2) is 0 Å². The minimum atomic E-state index is 0.674. The summed E-state index contributed by atoms with van der Waals surface area (Å²) in [5, 5.41) is 4.49. The van der Waals surface area contributed by atoms with Crippen LogP contribution in [0.1, 0.15) is 0 Å². The predicted molar refractivity (Wildman–Crippen MR) is 54.2 cm³/mol. The van der Waals surface area contributed by atoms with Crippen LogP contribution in [0.2, 0.25) is 5.02 Å². The topological polar surface area (TPSA) is 26.0 Å². The Labute approximate surface area is 85.9 Å². The molecule has 1 heterocycles. The van der Waals surface area contributed by atoms with Crippen LogP contribution >= 0.6 is 24.2 Å². The fourth-order valence-corrected chi connectivity index (χ4v) is 1.48. The summed E-state index contributed by atoms with van der Waals surface area (Å²) >= 11 is 10.0. The van der Waals surface area contributed by atoms with Gasteiger partial charge >= 0.3 is 0 Å². The average Bonchev–Trinajstić information content (AvgIpc) is 2.51. The molecule has 0 unspecified atom stereocenters. The third-order valence-electron chi connectivity index (χ3n) is 1.65. The zero-order chi connectivity index (χ0) is 9.26. The summed E-state index contributed by atoms with van der Waals surface area (Å²) < 4.78 is 4.77. The van der Waals surface area contributed by atoms with E-state index in [1.165, 1.54) is 6.26 Å². The lowest BCUT2D eigenvalue weighted by molar-refractivity contribution is 0.420. The molecular weight excluding hydrogens is 206 g/mol. The van der Waals surface area contributed by atoms with E-state index in [1.807, 2.05) is 24.3 Å². The summed E-state index contributed by atoms with van der Waals surface area (Å²) in [6, 6.07) is 7.39. The van der Waals surface area contributed by atoms with Gasteiger partial charge in [0.05, 0.1) is 4.90 Å². The summed E-state index contributed by atoms with van der Waals surface area (Å²) in [6.45, 7) is 0. The number of aromatic nitrogens is 1. The summed E-state index contributed by atoms with van der Waals surface area (Å²) in [5.74, 6) is 0. The number of benzene rings is 1. The number of thiol groups is 1. The molecule has 0 aliphatic carbocycles. The first-order valence-electron chi connectivity index (χ1n) is 3.66. The molecule has 0 saturated heterocycles. The van der Waals surface area contributed by atoms with E-state index in [0.29, 0.717) is 15.6 Å². The number of rotatable bonds is 1. The maximum absolute atomic E-state index is 5.83. The molecule has 0 amide bonds. The molecule has 13 heavy (non-hydrogen) atoms. The molecule has 0 aliphatic heterocycles. The predicted octanol–water partition coefficient (Wildman–Crippen LogP) is 3.28. The Morgan fingerprint density at radius 1 is 1.38 bits per heavy atom. The summed E-state index contributed by atoms with van der Waals surface area (Å²) in [5.41, 5.74) is 1.62. The van der Waals surface area contributed by atoms with Crippen molar-refractivity contribution >= 4 is 24.2 Å². The first-order valence-corrected chi connectivity index (χ1v) is 4.49. The largest absolute Gasteiger partial charge is 0.363 e. The first-order chi connectivity index (χ1) is 6.27. The van der Waals surface area contributed by atoms with E-state index in [-0.39, 0.29) is 0 Å². The Kier molecular flexibility index (Phi) is 2.29. The highest BCUT2D eigenvalue weighted by atomic mass is 35.5. The highest BCUT2D eigenvalue weighted by Gasteiger charge is 2.06. The van der Waals surface area contributed by atoms with Gasteiger partial charge in [0.25, 0.3) is 0 Å². The van der Waals surface area contributed by atoms with Crippen LogP contribution in [0.5, 0.6) is 0 Å². The fourth-order valence-electron chi connectivity index (χ4n) is 1.07. The van der Waals surface area contributed by atoms with Gasteiger partial charge in [-0.05, 0) is 12.1 Å². The summed E-state index contributed by atoms with van der Waals surface area (Å²) in [7, 11) is 0. The van der Waals surface area contributed by atoms with Crippen molar-refractivity contribution in [1.29, 1.82) is 0 Å². The van der Waals surface area contributed by atoms with Crippen LogP contribution in [0.15, 0.2) is 39.9 Å². The Balaban J connectivity index is 2.53. The monoisotopic (exact) mass is 211 g/mol. The van der Waals surface area contributed by atoms with Gasteiger partial charge < -0.3 is 4.52 Å². The lowest BCUT2D eigenvalue weighted by Gasteiger charge is -1.96. The maximum atomic E-state index is 5.83. The highest BCUT2D eigenvalue weighted by Crippen LogP contribution is 2.26. The van der Waals surface area contributed by atoms with Crippen molar-refractivity contribution in [3.05, 3.63) is 35.6 Å². The molecule has 0 fully saturated rings. The van der Waals surface area contributed by atoms with Crippen LogP contribution in [0.3, 0.4) is 0 Å². The Hall–Kier alpha value is -0.930. The summed E-state index contributed by atoms with van der Waals surface area (Å²) in [4.78, 5) is 0.710. The zero-order valence-corrected chi connectivity index (χ0v) is 8.22. The van der Waals surface area contributed by atoms with Crippen molar-refractivity contribution in [3.8, 4) is 11.3 Å². The molecule has 66 valence electrons. The molecule has 0 saturated carbocycles. The molecule has 0 radical (unpaired) electrons. The third kappa shape index (κ3) is 1.71. The van der Waals surface area contributed by atoms with Gasteiger partial charge in [0.15, 0.2) is 0 Å². The van der Waals surface area contributed by atoms with Gasteiger partial charge in [0.2, 0.25) is 0 Å². The van der Waals surface area contributed by atoms with E-state index in [2.05, 4.69) is 17.8 Å². The Morgan fingerprint density at radius 2 is 2.23 bits per heavy atom. The molecule has 0 aliphatic rings. The molecule has 1 aromatic heterocycles. The van der Waals surface area contributed by atoms with Gasteiger partial charge in [-0.15, -0.1) is 12.6 Å². The normalized spacial score (nSPS) is 10.3. The number of halogens is 1. The van der Waals surface area contributed by atoms with Crippen molar-refractivity contribution in [3.63, 3.8) is 0 Å². The van der Waals surface area contributed by atoms with E-state index in [0.717, 1.165) is 5.56 Å². The second-order valence-electron chi connectivity index (χ2n) is 2.56. The third-order valence-corrected chi connectivity index (χ3v) is 2.20. The highest BCUT2D eigenvalue weighted by molar-refractivity contribution is 7.80. The minimum Gasteiger partial charge on any atom is -0.363 e. The van der Waals surface area contributed by atoms with Crippen LogP contribution < -0.4 is 0 Å². The first kappa shape index (κ1) is 8.66. The SMILES string of the molecule is Sc1conc1-c1cccc(Cl)c1. The van der Waals surface area contributed by atoms with Gasteiger partial charge in [0.1, 0.15) is 12.0 Å². The van der Waals surface area contributed by atoms with Crippen LogP contribution in [0.4, 0.5) is 0 Å². The smallest absolute Gasteiger partial charge is 0.137 e. The lowest BCUT2D eigenvalue weighted by atomic mass is 10.2. The van der Waals surface area contributed by atoms with Gasteiger partial charge in [-0.2, -0.15) is 0 Å². The molecule has 2 aromatic rings. The Bertz CT molecular complexity index is 427. The molecule has 0 bridgehead atoms. The molecule has 0 atom stereocenters. The fraction of sp³-hybridized carbons (Fsp3) is 0. The minimum absolute atomic E-state index is 0.674. The van der Waals surface area contributed by atoms with Crippen molar-refractivity contribution in [2.24, 2.45) is 0 Å². The van der Waals surface area contributed by atoms with Crippen molar-refractivity contribution in [1.82, 2.24) is 5.16 Å². The van der Waals surface area contributed by atoms with E-state index < -0.39 is 0 Å². The number of nitrogens with zero attached hydrogens (tertiary/aromatic N) is 1. The standard InChI is InChI=1S/C9H6ClNOS/c10-7-3-1-2-6(4-7)9-8(13)5-12-11-9/h1-5,13H. The van der Waals surface area contributed by atoms with Crippen molar-refractivity contribution in [2.75, 3.05) is 0 Å². The second kappa shape index (κ2) is 3.44. The second-order valence-corrected chi connectivity index (χ2v) is 3.48. The molecule has 4 heteroatoms. The molecular formula is C9H6ClNOS. The van der Waals surface area contributed by atoms with Crippen LogP contribution in [0, 0.1) is 0 Å². The molecule has 0 spiro atoms. The quantitative estimate of drug-likeness (QED) is 0.733. The number of hydrogen-bond donors (Lipinski definition) is 1. The lowest BCUT2D eigenvalue weighted by Crippen LogP contribution is -1.77. The molecule has 2 nitrogen and oxygen atoms in total. The van der Waals surface area contributed by atoms with Crippen molar-refractivity contribution in [2.45, 2.75) is 4.90 Å².